The van der Waals surface area contributed by atoms with Crippen LogP contribution >= 0.6 is 7.92 Å². The van der Waals surface area contributed by atoms with Crippen molar-refractivity contribution in [3.05, 3.63) is 35.4 Å². The molecule has 0 aliphatic heterocycles. The van der Waals surface area contributed by atoms with Crippen molar-refractivity contribution in [1.82, 2.24) is 4.98 Å². The fraction of sp³-hybridized carbons (Fsp3) is 0.588. The molecule has 106 valence electrons. The molecule has 2 heteroatoms. The van der Waals surface area contributed by atoms with E-state index in [1.807, 2.05) is 12.3 Å². The number of allylic oxidation sites excluding steroid dienone is 1. The zero-order valence-corrected chi connectivity index (χ0v) is 14.4. The van der Waals surface area contributed by atoms with E-state index < -0.39 is 0 Å². The minimum Gasteiger partial charge on any atom is -0.257 e. The maximum atomic E-state index is 4.45. The van der Waals surface area contributed by atoms with E-state index in [1.54, 1.807) is 5.31 Å². The zero-order valence-electron chi connectivity index (χ0n) is 13.5. The minimum atomic E-state index is -0.209. The van der Waals surface area contributed by atoms with Gasteiger partial charge in [0, 0.05) is 6.20 Å². The van der Waals surface area contributed by atoms with Crippen molar-refractivity contribution in [3.8, 4) is 0 Å². The molecule has 1 nitrogen and oxygen atoms in total. The number of nitrogens with zero attached hydrogens (tertiary/aromatic N) is 1. The lowest BCUT2D eigenvalue weighted by Crippen LogP contribution is -2.25. The Bertz CT molecular complexity index is 407. The second kappa shape index (κ2) is 6.18. The molecule has 0 aliphatic rings. The maximum Gasteiger partial charge on any atom is 0.0632 e. The summed E-state index contributed by atoms with van der Waals surface area (Å²) in [6.07, 6.45) is 5.29. The first-order valence-electron chi connectivity index (χ1n) is 7.08. The van der Waals surface area contributed by atoms with Gasteiger partial charge in [-0.25, -0.2) is 0 Å². The van der Waals surface area contributed by atoms with Gasteiger partial charge in [0.1, 0.15) is 0 Å². The molecule has 1 aromatic heterocycles. The van der Waals surface area contributed by atoms with Gasteiger partial charge in [0.25, 0.3) is 0 Å². The molecule has 0 amide bonds. The highest BCUT2D eigenvalue weighted by atomic mass is 31.1. The number of hydrogen-bond donors (Lipinski definition) is 0. The van der Waals surface area contributed by atoms with Crippen molar-refractivity contribution in [3.63, 3.8) is 0 Å². The molecule has 0 saturated carbocycles. The van der Waals surface area contributed by atoms with Gasteiger partial charge in [-0.15, -0.1) is 0 Å². The van der Waals surface area contributed by atoms with Gasteiger partial charge in [-0.3, -0.25) is 4.98 Å². The summed E-state index contributed by atoms with van der Waals surface area (Å²) in [7, 11) is -0.209. The molecule has 0 radical (unpaired) electrons. The maximum absolute atomic E-state index is 4.45. The van der Waals surface area contributed by atoms with Crippen LogP contribution in [0.1, 0.15) is 60.6 Å². The third-order valence-corrected chi connectivity index (χ3v) is 6.70. The number of hydrogen-bond acceptors (Lipinski definition) is 1. The van der Waals surface area contributed by atoms with Gasteiger partial charge in [-0.05, 0) is 40.3 Å². The highest BCUT2D eigenvalue weighted by Crippen LogP contribution is 2.65. The predicted molar refractivity (Wildman–Crippen MR) is 88.9 cm³/mol. The van der Waals surface area contributed by atoms with Crippen molar-refractivity contribution in [2.45, 2.75) is 65.2 Å². The Labute approximate surface area is 120 Å². The minimum absolute atomic E-state index is 0.209. The topological polar surface area (TPSA) is 12.9 Å². The molecule has 0 N–H and O–H groups in total. The van der Waals surface area contributed by atoms with Crippen molar-refractivity contribution in [2.75, 3.05) is 0 Å². The second-order valence-electron chi connectivity index (χ2n) is 6.92. The fourth-order valence-electron chi connectivity index (χ4n) is 2.82. The lowest BCUT2D eigenvalue weighted by Gasteiger charge is -2.43. The SMILES string of the molecule is CCC(=Cc1ccccn1)P(C(C)(C)C)C(C)(C)C. The molecule has 0 atom stereocenters. The number of pyridine rings is 1. The average molecular weight is 277 g/mol. The summed E-state index contributed by atoms with van der Waals surface area (Å²) in [5.41, 5.74) is 1.08. The molecule has 0 fully saturated rings. The third kappa shape index (κ3) is 4.73. The molecule has 0 bridgehead atoms. The van der Waals surface area contributed by atoms with E-state index in [4.69, 9.17) is 0 Å². The van der Waals surface area contributed by atoms with Crippen LogP contribution in [0.3, 0.4) is 0 Å². The molecule has 1 aromatic rings. The molecule has 0 aromatic carbocycles. The van der Waals surface area contributed by atoms with Gasteiger partial charge in [-0.2, -0.15) is 0 Å². The smallest absolute Gasteiger partial charge is 0.0632 e. The van der Waals surface area contributed by atoms with Crippen molar-refractivity contribution in [1.29, 1.82) is 0 Å². The van der Waals surface area contributed by atoms with Gasteiger partial charge in [-0.1, -0.05) is 62.5 Å². The van der Waals surface area contributed by atoms with E-state index >= 15 is 0 Å². The summed E-state index contributed by atoms with van der Waals surface area (Å²) in [4.78, 5) is 4.45. The first kappa shape index (κ1) is 16.4. The van der Waals surface area contributed by atoms with Crippen LogP contribution in [-0.4, -0.2) is 15.3 Å². The number of aromatic nitrogens is 1. The summed E-state index contributed by atoms with van der Waals surface area (Å²) < 4.78 is 0. The lowest BCUT2D eigenvalue weighted by molar-refractivity contribution is 0.709. The highest BCUT2D eigenvalue weighted by molar-refractivity contribution is 7.65. The van der Waals surface area contributed by atoms with Gasteiger partial charge in [0.15, 0.2) is 0 Å². The molecular formula is C17H28NP. The van der Waals surface area contributed by atoms with E-state index in [0.29, 0.717) is 10.3 Å². The van der Waals surface area contributed by atoms with Crippen LogP contribution in [0.5, 0.6) is 0 Å². The first-order valence-corrected chi connectivity index (χ1v) is 8.42. The second-order valence-corrected chi connectivity index (χ2v) is 10.8. The van der Waals surface area contributed by atoms with E-state index in [-0.39, 0.29) is 7.92 Å². The van der Waals surface area contributed by atoms with E-state index in [2.05, 4.69) is 71.7 Å². The van der Waals surface area contributed by atoms with Crippen molar-refractivity contribution >= 4 is 14.0 Å². The summed E-state index contributed by atoms with van der Waals surface area (Å²) in [6.45, 7) is 16.5. The van der Waals surface area contributed by atoms with Gasteiger partial charge < -0.3 is 0 Å². The third-order valence-electron chi connectivity index (χ3n) is 2.99. The van der Waals surface area contributed by atoms with Crippen LogP contribution in [-0.2, 0) is 0 Å². The standard InChI is InChI=1S/C17H28NP/c1-8-15(13-14-11-9-10-12-18-14)19(16(2,3)4)17(5,6)7/h9-13H,8H2,1-7H3. The summed E-state index contributed by atoms with van der Waals surface area (Å²) in [5, 5.41) is 2.21. The van der Waals surface area contributed by atoms with Crippen LogP contribution < -0.4 is 0 Å². The Morgan fingerprint density at radius 2 is 1.68 bits per heavy atom. The Balaban J connectivity index is 3.22. The normalized spacial score (nSPS) is 14.0. The van der Waals surface area contributed by atoms with Gasteiger partial charge in [0.05, 0.1) is 5.69 Å². The first-order chi connectivity index (χ1) is 8.66. The molecule has 0 saturated heterocycles. The predicted octanol–water partition coefficient (Wildman–Crippen LogP) is 5.91. The average Bonchev–Trinajstić information content (AvgIpc) is 2.25. The summed E-state index contributed by atoms with van der Waals surface area (Å²) in [6, 6.07) is 6.12. The molecule has 0 unspecified atom stereocenters. The van der Waals surface area contributed by atoms with Crippen LogP contribution in [0.2, 0.25) is 0 Å². The van der Waals surface area contributed by atoms with Gasteiger partial charge >= 0.3 is 0 Å². The molecule has 19 heavy (non-hydrogen) atoms. The van der Waals surface area contributed by atoms with Crippen LogP contribution in [0.4, 0.5) is 0 Å². The quantitative estimate of drug-likeness (QED) is 0.626. The summed E-state index contributed by atoms with van der Waals surface area (Å²) in [5.74, 6) is 0. The molecule has 1 rings (SSSR count). The van der Waals surface area contributed by atoms with Crippen LogP contribution in [0, 0.1) is 0 Å². The zero-order chi connectivity index (χ0) is 14.7. The van der Waals surface area contributed by atoms with Crippen molar-refractivity contribution < 1.29 is 0 Å². The van der Waals surface area contributed by atoms with Crippen LogP contribution in [0.25, 0.3) is 6.08 Å². The lowest BCUT2D eigenvalue weighted by atomic mass is 10.2. The molecule has 0 spiro atoms. The Hall–Kier alpha value is -0.680. The Morgan fingerprint density at radius 3 is 2.05 bits per heavy atom. The fourth-order valence-corrected chi connectivity index (χ4v) is 7.14. The molecular weight excluding hydrogens is 249 g/mol. The van der Waals surface area contributed by atoms with Crippen molar-refractivity contribution in [2.24, 2.45) is 0 Å². The Kier molecular flexibility index (Phi) is 5.33. The van der Waals surface area contributed by atoms with Gasteiger partial charge in [0.2, 0.25) is 0 Å². The highest BCUT2D eigenvalue weighted by Gasteiger charge is 2.36. The van der Waals surface area contributed by atoms with Crippen LogP contribution in [0.15, 0.2) is 29.7 Å². The monoisotopic (exact) mass is 277 g/mol. The van der Waals surface area contributed by atoms with E-state index in [1.165, 1.54) is 0 Å². The van der Waals surface area contributed by atoms with E-state index in [9.17, 15) is 0 Å². The molecule has 0 aliphatic carbocycles. The summed E-state index contributed by atoms with van der Waals surface area (Å²) >= 11 is 0. The molecule has 1 heterocycles. The Morgan fingerprint density at radius 1 is 1.11 bits per heavy atom. The largest absolute Gasteiger partial charge is 0.257 e. The number of rotatable bonds is 3. The van der Waals surface area contributed by atoms with E-state index in [0.717, 1.165) is 12.1 Å².